The molecule has 0 saturated heterocycles. The summed E-state index contributed by atoms with van der Waals surface area (Å²) in [5.74, 6) is 0. The molecule has 0 amide bonds. The summed E-state index contributed by atoms with van der Waals surface area (Å²) in [6, 6.07) is 1.38. The fraction of sp³-hybridized carbons (Fsp3) is 1.00. The van der Waals surface area contributed by atoms with Crippen molar-refractivity contribution in [3.05, 3.63) is 0 Å². The van der Waals surface area contributed by atoms with Crippen molar-refractivity contribution in [2.75, 3.05) is 27.8 Å². The van der Waals surface area contributed by atoms with E-state index in [1.54, 1.807) is 0 Å². The monoisotopic (exact) mass is 190 g/mol. The van der Waals surface area contributed by atoms with Gasteiger partial charge in [0, 0.05) is 12.1 Å². The molecular weight excluding hydrogens is 167 g/mol. The lowest BCUT2D eigenvalue weighted by Crippen LogP contribution is -2.32. The summed E-state index contributed by atoms with van der Waals surface area (Å²) in [5.41, 5.74) is 0. The Labute approximate surface area is 79.1 Å². The molecule has 0 N–H and O–H groups in total. The zero-order valence-electron chi connectivity index (χ0n) is 9.26. The predicted octanol–water partition coefficient (Wildman–Crippen LogP) is 1.87. The molecule has 12 heavy (non-hydrogen) atoms. The van der Waals surface area contributed by atoms with E-state index in [2.05, 4.69) is 51.2 Å². The molecule has 0 bridgehead atoms. The van der Waals surface area contributed by atoms with Crippen molar-refractivity contribution in [1.29, 1.82) is 0 Å². The molecule has 0 saturated carbocycles. The van der Waals surface area contributed by atoms with Gasteiger partial charge in [0.2, 0.25) is 0 Å². The molecule has 0 aliphatic rings. The summed E-state index contributed by atoms with van der Waals surface area (Å²) in [5, 5.41) is 0. The Morgan fingerprint density at radius 3 is 1.92 bits per heavy atom. The van der Waals surface area contributed by atoms with Crippen molar-refractivity contribution < 1.29 is 0 Å². The molecule has 74 valence electrons. The van der Waals surface area contributed by atoms with Crippen LogP contribution in [0, 0.1) is 0 Å². The summed E-state index contributed by atoms with van der Waals surface area (Å²) in [7, 11) is 7.41. The van der Waals surface area contributed by atoms with Gasteiger partial charge in [-0.15, -0.1) is 0 Å². The van der Waals surface area contributed by atoms with Crippen molar-refractivity contribution >= 4 is 8.73 Å². The largest absolute Gasteiger partial charge is 0.307 e. The van der Waals surface area contributed by atoms with Crippen LogP contribution in [-0.4, -0.2) is 49.5 Å². The Hall–Kier alpha value is 0.350. The molecule has 3 unspecified atom stereocenters. The smallest absolute Gasteiger partial charge is 0.0115 e. The first-order chi connectivity index (χ1) is 5.49. The molecule has 0 heterocycles. The van der Waals surface area contributed by atoms with E-state index in [0.717, 1.165) is 8.73 Å². The zero-order chi connectivity index (χ0) is 9.72. The minimum Gasteiger partial charge on any atom is -0.307 e. The molecular formula is C9H23N2P. The highest BCUT2D eigenvalue weighted by Gasteiger charge is 2.12. The first-order valence-corrected chi connectivity index (χ1v) is 6.00. The lowest BCUT2D eigenvalue weighted by molar-refractivity contribution is 0.253. The van der Waals surface area contributed by atoms with E-state index in [9.17, 15) is 0 Å². The molecule has 0 aromatic rings. The van der Waals surface area contributed by atoms with E-state index in [1.165, 1.54) is 6.42 Å². The number of nitrogens with zero attached hydrogens (tertiary/aromatic N) is 2. The third kappa shape index (κ3) is 4.39. The van der Waals surface area contributed by atoms with Crippen LogP contribution in [0.2, 0.25) is 0 Å². The first kappa shape index (κ1) is 12.3. The third-order valence-electron chi connectivity index (χ3n) is 2.58. The van der Waals surface area contributed by atoms with E-state index in [0.29, 0.717) is 12.1 Å². The lowest BCUT2D eigenvalue weighted by Gasteiger charge is -2.28. The van der Waals surface area contributed by atoms with Crippen LogP contribution in [0.3, 0.4) is 0 Å². The van der Waals surface area contributed by atoms with Gasteiger partial charge < -0.3 is 4.90 Å². The summed E-state index contributed by atoms with van der Waals surface area (Å²) in [4.78, 5) is 2.28. The topological polar surface area (TPSA) is 6.48 Å². The Kier molecular flexibility index (Phi) is 6.08. The van der Waals surface area contributed by atoms with Crippen molar-refractivity contribution in [2.45, 2.75) is 32.4 Å². The Morgan fingerprint density at radius 1 is 1.08 bits per heavy atom. The van der Waals surface area contributed by atoms with Crippen LogP contribution in [0.1, 0.15) is 20.3 Å². The number of rotatable bonds is 5. The molecule has 2 nitrogen and oxygen atoms in total. The highest BCUT2D eigenvalue weighted by Crippen LogP contribution is 2.17. The van der Waals surface area contributed by atoms with Gasteiger partial charge in [-0.25, -0.2) is 0 Å². The van der Waals surface area contributed by atoms with Gasteiger partial charge in [-0.3, -0.25) is 4.67 Å². The van der Waals surface area contributed by atoms with E-state index < -0.39 is 0 Å². The van der Waals surface area contributed by atoms with Crippen LogP contribution in [0.25, 0.3) is 0 Å². The number of hydrogen-bond acceptors (Lipinski definition) is 2. The average molecular weight is 190 g/mol. The summed E-state index contributed by atoms with van der Waals surface area (Å²) >= 11 is 0. The lowest BCUT2D eigenvalue weighted by atomic mass is 10.1. The van der Waals surface area contributed by atoms with E-state index in [-0.39, 0.29) is 0 Å². The molecule has 0 rings (SSSR count). The fourth-order valence-corrected chi connectivity index (χ4v) is 1.63. The Bertz CT molecular complexity index is 117. The van der Waals surface area contributed by atoms with Crippen molar-refractivity contribution in [1.82, 2.24) is 9.57 Å². The second-order valence-corrected chi connectivity index (χ2v) is 4.88. The molecule has 0 fully saturated rings. The molecule has 0 aromatic heterocycles. The molecule has 0 radical (unpaired) electrons. The molecule has 0 spiro atoms. The summed E-state index contributed by atoms with van der Waals surface area (Å²) < 4.78 is 2.42. The van der Waals surface area contributed by atoms with Gasteiger partial charge in [-0.05, 0) is 48.1 Å². The van der Waals surface area contributed by atoms with Gasteiger partial charge in [0.05, 0.1) is 0 Å². The Morgan fingerprint density at radius 2 is 1.58 bits per heavy atom. The quantitative estimate of drug-likeness (QED) is 0.611. The van der Waals surface area contributed by atoms with Crippen LogP contribution in [-0.2, 0) is 0 Å². The minimum absolute atomic E-state index is 0.679. The normalized spacial score (nSPS) is 18.0. The van der Waals surface area contributed by atoms with Crippen LogP contribution in [0.5, 0.6) is 0 Å². The van der Waals surface area contributed by atoms with Crippen molar-refractivity contribution in [3.63, 3.8) is 0 Å². The highest BCUT2D eigenvalue weighted by molar-refractivity contribution is 7.34. The van der Waals surface area contributed by atoms with Crippen LogP contribution in [0.4, 0.5) is 0 Å². The van der Waals surface area contributed by atoms with E-state index >= 15 is 0 Å². The maximum absolute atomic E-state index is 2.42. The highest BCUT2D eigenvalue weighted by atomic mass is 31.1. The second-order valence-electron chi connectivity index (χ2n) is 3.73. The molecule has 0 aliphatic heterocycles. The van der Waals surface area contributed by atoms with E-state index in [1.807, 2.05) is 0 Å². The SMILES string of the molecule is CPN(C)C(C)CC(C)N(C)C. The van der Waals surface area contributed by atoms with Gasteiger partial charge >= 0.3 is 0 Å². The molecule has 0 aromatic carbocycles. The standard InChI is InChI=1S/C9H23N2P/c1-8(10(3)4)7-9(2)11(5)12-6/h8-9,12H,7H2,1-6H3. The zero-order valence-corrected chi connectivity index (χ0v) is 10.3. The minimum atomic E-state index is 0.679. The van der Waals surface area contributed by atoms with Gasteiger partial charge in [0.15, 0.2) is 0 Å². The third-order valence-corrected chi connectivity index (χ3v) is 3.72. The maximum Gasteiger partial charge on any atom is 0.0115 e. The fourth-order valence-electron chi connectivity index (χ4n) is 1.08. The number of hydrogen-bond donors (Lipinski definition) is 0. The van der Waals surface area contributed by atoms with Crippen molar-refractivity contribution in [2.24, 2.45) is 0 Å². The van der Waals surface area contributed by atoms with Crippen molar-refractivity contribution in [3.8, 4) is 0 Å². The van der Waals surface area contributed by atoms with Crippen LogP contribution < -0.4 is 0 Å². The van der Waals surface area contributed by atoms with Gasteiger partial charge in [-0.2, -0.15) is 0 Å². The van der Waals surface area contributed by atoms with Gasteiger partial charge in [-0.1, -0.05) is 8.73 Å². The molecule has 0 aliphatic carbocycles. The molecule has 3 atom stereocenters. The summed E-state index contributed by atoms with van der Waals surface area (Å²) in [6.45, 7) is 6.82. The van der Waals surface area contributed by atoms with Gasteiger partial charge in [0.25, 0.3) is 0 Å². The van der Waals surface area contributed by atoms with Gasteiger partial charge in [0.1, 0.15) is 0 Å². The van der Waals surface area contributed by atoms with Crippen LogP contribution in [0.15, 0.2) is 0 Å². The van der Waals surface area contributed by atoms with Crippen LogP contribution >= 0.6 is 8.73 Å². The average Bonchev–Trinajstić information content (AvgIpc) is 2.02. The molecule has 3 heteroatoms. The maximum atomic E-state index is 2.42. The first-order valence-electron chi connectivity index (χ1n) is 4.55. The Balaban J connectivity index is 3.75. The van der Waals surface area contributed by atoms with E-state index in [4.69, 9.17) is 0 Å². The summed E-state index contributed by atoms with van der Waals surface area (Å²) in [6.07, 6.45) is 1.25. The predicted molar refractivity (Wildman–Crippen MR) is 59.2 cm³/mol. The second kappa shape index (κ2) is 5.90.